The Morgan fingerprint density at radius 1 is 1.35 bits per heavy atom. The van der Waals surface area contributed by atoms with E-state index in [-0.39, 0.29) is 5.91 Å². The third-order valence-corrected chi connectivity index (χ3v) is 2.12. The zero-order valence-corrected chi connectivity index (χ0v) is 9.54. The highest BCUT2D eigenvalue weighted by atomic mass is 16.5. The van der Waals surface area contributed by atoms with Crippen molar-refractivity contribution in [3.63, 3.8) is 0 Å². The summed E-state index contributed by atoms with van der Waals surface area (Å²) in [4.78, 5) is 25.8. The Hall–Kier alpha value is -1.98. The molecule has 1 aromatic rings. The number of nitrogens with zero attached hydrogens (tertiary/aromatic N) is 3. The molecule has 92 valence electrons. The summed E-state index contributed by atoms with van der Waals surface area (Å²) in [6.07, 6.45) is 6.56. The summed E-state index contributed by atoms with van der Waals surface area (Å²) in [5.74, 6) is -0.491. The molecule has 0 aromatic carbocycles. The van der Waals surface area contributed by atoms with Crippen molar-refractivity contribution in [3.8, 4) is 0 Å². The number of hydrogen-bond acceptors (Lipinski definition) is 5. The Balaban J connectivity index is 2.03. The van der Waals surface area contributed by atoms with E-state index in [1.807, 2.05) is 0 Å². The lowest BCUT2D eigenvalue weighted by Gasteiger charge is -2.02. The van der Waals surface area contributed by atoms with E-state index in [0.717, 1.165) is 25.3 Å². The molecule has 0 aliphatic rings. The Morgan fingerprint density at radius 3 is 2.82 bits per heavy atom. The van der Waals surface area contributed by atoms with Crippen molar-refractivity contribution in [2.24, 2.45) is 0 Å². The molecule has 0 radical (unpaired) electrons. The van der Waals surface area contributed by atoms with E-state index >= 15 is 0 Å². The molecule has 0 bridgehead atoms. The van der Waals surface area contributed by atoms with Crippen molar-refractivity contribution in [2.45, 2.75) is 25.7 Å². The SMILES string of the molecule is C=CC(=O)OCCCCCC(=O)n1cncn1. The molecule has 0 saturated carbocycles. The largest absolute Gasteiger partial charge is 0.463 e. The molecule has 0 atom stereocenters. The first-order chi connectivity index (χ1) is 8.24. The molecule has 17 heavy (non-hydrogen) atoms. The quantitative estimate of drug-likeness (QED) is 0.405. The smallest absolute Gasteiger partial charge is 0.330 e. The first-order valence-corrected chi connectivity index (χ1v) is 5.41. The predicted octanol–water partition coefficient (Wildman–Crippen LogP) is 1.21. The maximum Gasteiger partial charge on any atom is 0.330 e. The average molecular weight is 237 g/mol. The number of carbonyl (C=O) groups excluding carboxylic acids is 2. The van der Waals surface area contributed by atoms with Crippen molar-refractivity contribution in [3.05, 3.63) is 25.3 Å². The zero-order valence-electron chi connectivity index (χ0n) is 9.54. The van der Waals surface area contributed by atoms with Gasteiger partial charge < -0.3 is 4.74 Å². The van der Waals surface area contributed by atoms with Crippen molar-refractivity contribution in [2.75, 3.05) is 6.61 Å². The highest BCUT2D eigenvalue weighted by Gasteiger charge is 2.04. The van der Waals surface area contributed by atoms with Crippen LogP contribution in [0.5, 0.6) is 0 Å². The number of aromatic nitrogens is 3. The number of unbranched alkanes of at least 4 members (excludes halogenated alkanes) is 2. The number of ether oxygens (including phenoxy) is 1. The van der Waals surface area contributed by atoms with Crippen LogP contribution in [0.1, 0.15) is 30.5 Å². The Kier molecular flexibility index (Phi) is 5.63. The summed E-state index contributed by atoms with van der Waals surface area (Å²) < 4.78 is 6.02. The number of carbonyl (C=O) groups is 2. The highest BCUT2D eigenvalue weighted by Crippen LogP contribution is 2.02. The topological polar surface area (TPSA) is 74.1 Å². The molecule has 0 fully saturated rings. The normalized spacial score (nSPS) is 9.88. The van der Waals surface area contributed by atoms with Gasteiger partial charge in [0.25, 0.3) is 0 Å². The lowest BCUT2D eigenvalue weighted by Crippen LogP contribution is -2.10. The van der Waals surface area contributed by atoms with Crippen LogP contribution in [-0.4, -0.2) is 33.2 Å². The van der Waals surface area contributed by atoms with Crippen molar-refractivity contribution in [1.82, 2.24) is 14.8 Å². The van der Waals surface area contributed by atoms with Gasteiger partial charge in [-0.1, -0.05) is 6.58 Å². The van der Waals surface area contributed by atoms with Crippen LogP contribution in [0.2, 0.25) is 0 Å². The summed E-state index contributed by atoms with van der Waals surface area (Å²) in [6.45, 7) is 3.66. The lowest BCUT2D eigenvalue weighted by molar-refractivity contribution is -0.137. The molecule has 0 aliphatic heterocycles. The second-order valence-corrected chi connectivity index (χ2v) is 3.42. The first-order valence-electron chi connectivity index (χ1n) is 5.41. The molecule has 6 nitrogen and oxygen atoms in total. The zero-order chi connectivity index (χ0) is 12.5. The molecular weight excluding hydrogens is 222 g/mol. The number of hydrogen-bond donors (Lipinski definition) is 0. The Bertz CT molecular complexity index is 373. The summed E-state index contributed by atoms with van der Waals surface area (Å²) in [6, 6.07) is 0. The maximum absolute atomic E-state index is 11.5. The summed E-state index contributed by atoms with van der Waals surface area (Å²) >= 11 is 0. The van der Waals surface area contributed by atoms with E-state index in [1.165, 1.54) is 17.3 Å². The van der Waals surface area contributed by atoms with Crippen molar-refractivity contribution in [1.29, 1.82) is 0 Å². The molecular formula is C11H15N3O3. The van der Waals surface area contributed by atoms with Gasteiger partial charge in [0, 0.05) is 12.5 Å². The van der Waals surface area contributed by atoms with Gasteiger partial charge in [-0.05, 0) is 19.3 Å². The summed E-state index contributed by atoms with van der Waals surface area (Å²) in [7, 11) is 0. The van der Waals surface area contributed by atoms with Gasteiger partial charge >= 0.3 is 5.97 Å². The van der Waals surface area contributed by atoms with E-state index in [0.29, 0.717) is 13.0 Å². The molecule has 6 heteroatoms. The van der Waals surface area contributed by atoms with Crippen LogP contribution in [0, 0.1) is 0 Å². The van der Waals surface area contributed by atoms with E-state index in [9.17, 15) is 9.59 Å². The second-order valence-electron chi connectivity index (χ2n) is 3.42. The molecule has 1 heterocycles. The molecule has 0 amide bonds. The van der Waals surface area contributed by atoms with Crippen LogP contribution in [0.3, 0.4) is 0 Å². The fraction of sp³-hybridized carbons (Fsp3) is 0.455. The molecule has 0 spiro atoms. The minimum Gasteiger partial charge on any atom is -0.463 e. The molecule has 0 N–H and O–H groups in total. The molecule has 0 aliphatic carbocycles. The van der Waals surface area contributed by atoms with E-state index < -0.39 is 5.97 Å². The molecule has 0 unspecified atom stereocenters. The van der Waals surface area contributed by atoms with Gasteiger partial charge in [-0.15, -0.1) is 0 Å². The Labute approximate surface area is 99.3 Å². The van der Waals surface area contributed by atoms with Gasteiger partial charge in [0.05, 0.1) is 6.61 Å². The standard InChI is InChI=1S/C11H15N3O3/c1-2-11(16)17-7-5-3-4-6-10(15)14-9-12-8-13-14/h2,8-9H,1,3-7H2. The van der Waals surface area contributed by atoms with Crippen molar-refractivity contribution >= 4 is 11.9 Å². The van der Waals surface area contributed by atoms with Gasteiger partial charge in [-0.2, -0.15) is 9.78 Å². The third-order valence-electron chi connectivity index (χ3n) is 2.12. The fourth-order valence-corrected chi connectivity index (χ4v) is 1.24. The van der Waals surface area contributed by atoms with E-state index in [2.05, 4.69) is 16.7 Å². The van der Waals surface area contributed by atoms with Gasteiger partial charge in [0.15, 0.2) is 0 Å². The van der Waals surface area contributed by atoms with Gasteiger partial charge in [-0.3, -0.25) is 4.79 Å². The summed E-state index contributed by atoms with van der Waals surface area (Å²) in [5.41, 5.74) is 0. The van der Waals surface area contributed by atoms with Gasteiger partial charge in [0.2, 0.25) is 5.91 Å². The summed E-state index contributed by atoms with van der Waals surface area (Å²) in [5, 5.41) is 3.74. The van der Waals surface area contributed by atoms with Crippen LogP contribution in [0.25, 0.3) is 0 Å². The predicted molar refractivity (Wildman–Crippen MR) is 60.3 cm³/mol. The third kappa shape index (κ3) is 5.05. The van der Waals surface area contributed by atoms with E-state index in [4.69, 9.17) is 4.74 Å². The lowest BCUT2D eigenvalue weighted by atomic mass is 10.2. The van der Waals surface area contributed by atoms with Crippen LogP contribution in [-0.2, 0) is 9.53 Å². The minimum atomic E-state index is -0.413. The van der Waals surface area contributed by atoms with Gasteiger partial charge in [-0.25, -0.2) is 9.78 Å². The molecule has 0 saturated heterocycles. The number of esters is 1. The van der Waals surface area contributed by atoms with Crippen LogP contribution >= 0.6 is 0 Å². The monoisotopic (exact) mass is 237 g/mol. The fourth-order valence-electron chi connectivity index (χ4n) is 1.24. The number of rotatable bonds is 7. The molecule has 1 aromatic heterocycles. The maximum atomic E-state index is 11.5. The van der Waals surface area contributed by atoms with E-state index in [1.54, 1.807) is 0 Å². The minimum absolute atomic E-state index is 0.0782. The van der Waals surface area contributed by atoms with Crippen LogP contribution in [0.15, 0.2) is 25.3 Å². The highest BCUT2D eigenvalue weighted by molar-refractivity contribution is 5.81. The Morgan fingerprint density at radius 2 is 2.18 bits per heavy atom. The second kappa shape index (κ2) is 7.32. The molecule has 1 rings (SSSR count). The van der Waals surface area contributed by atoms with Crippen LogP contribution < -0.4 is 0 Å². The first kappa shape index (κ1) is 13.1. The van der Waals surface area contributed by atoms with Gasteiger partial charge in [0.1, 0.15) is 12.7 Å². The van der Waals surface area contributed by atoms with Crippen molar-refractivity contribution < 1.29 is 14.3 Å². The van der Waals surface area contributed by atoms with Crippen LogP contribution in [0.4, 0.5) is 0 Å². The average Bonchev–Trinajstić information content (AvgIpc) is 2.86.